The molecule has 0 saturated carbocycles. The van der Waals surface area contributed by atoms with Gasteiger partial charge >= 0.3 is 5.97 Å². The Morgan fingerprint density at radius 3 is 2.53 bits per heavy atom. The first-order chi connectivity index (χ1) is 8.73. The molecule has 0 spiro atoms. The molecular formula is C13H20N2O3S. The quantitative estimate of drug-likeness (QED) is 0.665. The van der Waals surface area contributed by atoms with E-state index in [9.17, 15) is 9.59 Å². The number of carbonyl (C=O) groups excluding carboxylic acids is 2. The summed E-state index contributed by atoms with van der Waals surface area (Å²) in [7, 11) is 0. The molecule has 0 amide bonds. The molecule has 0 bridgehead atoms. The maximum atomic E-state index is 12.1. The van der Waals surface area contributed by atoms with Gasteiger partial charge in [0, 0.05) is 0 Å². The van der Waals surface area contributed by atoms with Gasteiger partial charge in [0.1, 0.15) is 11.6 Å². The lowest BCUT2D eigenvalue weighted by Crippen LogP contribution is -2.39. The monoisotopic (exact) mass is 284 g/mol. The summed E-state index contributed by atoms with van der Waals surface area (Å²) in [4.78, 5) is 27.3. The highest BCUT2D eigenvalue weighted by Gasteiger charge is 2.28. The van der Waals surface area contributed by atoms with Crippen LogP contribution in [-0.2, 0) is 9.53 Å². The number of aromatic nitrogens is 1. The Hall–Kier alpha value is -1.43. The highest BCUT2D eigenvalue weighted by molar-refractivity contribution is 7.17. The van der Waals surface area contributed by atoms with Gasteiger partial charge in [-0.05, 0) is 26.7 Å². The molecule has 1 rings (SSSR count). The lowest BCUT2D eigenvalue weighted by atomic mass is 10.0. The highest BCUT2D eigenvalue weighted by atomic mass is 32.1. The molecule has 5 nitrogen and oxygen atoms in total. The summed E-state index contributed by atoms with van der Waals surface area (Å²) in [5.74, 6) is -0.260. The van der Waals surface area contributed by atoms with Crippen molar-refractivity contribution in [1.29, 1.82) is 0 Å². The van der Waals surface area contributed by atoms with Crippen LogP contribution in [0, 0.1) is 5.92 Å². The van der Waals surface area contributed by atoms with E-state index in [2.05, 4.69) is 10.3 Å². The van der Waals surface area contributed by atoms with Gasteiger partial charge in [0.2, 0.25) is 0 Å². The van der Waals surface area contributed by atoms with E-state index in [1.807, 2.05) is 34.6 Å². The molecule has 106 valence electrons. The minimum absolute atomic E-state index is 0.0541. The fourth-order valence-corrected chi connectivity index (χ4v) is 2.07. The Morgan fingerprint density at radius 1 is 1.47 bits per heavy atom. The second-order valence-electron chi connectivity index (χ2n) is 5.59. The Balaban J connectivity index is 2.78. The number of hydrogen-bond donors (Lipinski definition) is 1. The molecule has 1 N–H and O–H groups in total. The van der Waals surface area contributed by atoms with Crippen molar-refractivity contribution >= 4 is 28.7 Å². The largest absolute Gasteiger partial charge is 0.458 e. The summed E-state index contributed by atoms with van der Waals surface area (Å²) < 4.78 is 5.37. The van der Waals surface area contributed by atoms with Gasteiger partial charge in [-0.15, -0.1) is 0 Å². The van der Waals surface area contributed by atoms with Gasteiger partial charge in [-0.3, -0.25) is 4.79 Å². The van der Waals surface area contributed by atoms with Crippen LogP contribution in [0.3, 0.4) is 0 Å². The van der Waals surface area contributed by atoms with E-state index in [-0.39, 0.29) is 11.9 Å². The number of ether oxygens (including phenoxy) is 1. The Kier molecular flexibility index (Phi) is 5.05. The smallest absolute Gasteiger partial charge is 0.329 e. The van der Waals surface area contributed by atoms with Crippen LogP contribution >= 0.6 is 11.3 Å². The summed E-state index contributed by atoms with van der Waals surface area (Å²) in [6, 6.07) is -0.482. The van der Waals surface area contributed by atoms with Crippen molar-refractivity contribution in [2.24, 2.45) is 5.92 Å². The van der Waals surface area contributed by atoms with Crippen LogP contribution in [0.2, 0.25) is 0 Å². The molecule has 1 aromatic rings. The standard InChI is InChI=1S/C13H20N2O3S/c1-8(2)10(11(17)18-13(3,4)5)15-12-14-6-9(7-16)19-12/h6-8,10H,1-5H3,(H,14,15)/t10-/m0/s1. The van der Waals surface area contributed by atoms with Crippen LogP contribution in [0.5, 0.6) is 0 Å². The SMILES string of the molecule is CC(C)[C@H](Nc1ncc(C=O)s1)C(=O)OC(C)(C)C. The number of nitrogens with one attached hydrogen (secondary N) is 1. The van der Waals surface area contributed by atoms with Crippen molar-refractivity contribution in [2.45, 2.75) is 46.3 Å². The summed E-state index contributed by atoms with van der Waals surface area (Å²) >= 11 is 1.22. The third-order valence-corrected chi connectivity index (χ3v) is 3.10. The highest BCUT2D eigenvalue weighted by Crippen LogP contribution is 2.21. The minimum atomic E-state index is -0.525. The van der Waals surface area contributed by atoms with E-state index in [0.717, 1.165) is 6.29 Å². The van der Waals surface area contributed by atoms with Gasteiger partial charge in [0.05, 0.1) is 11.1 Å². The van der Waals surface area contributed by atoms with Crippen molar-refractivity contribution in [3.05, 3.63) is 11.1 Å². The van der Waals surface area contributed by atoms with Gasteiger partial charge < -0.3 is 10.1 Å². The average molecular weight is 284 g/mol. The summed E-state index contributed by atoms with van der Waals surface area (Å²) in [5.41, 5.74) is -0.525. The average Bonchev–Trinajstić information content (AvgIpc) is 2.70. The molecule has 0 aromatic carbocycles. The fourth-order valence-electron chi connectivity index (χ4n) is 1.40. The summed E-state index contributed by atoms with van der Waals surface area (Å²) in [5, 5.41) is 3.58. The van der Waals surface area contributed by atoms with Crippen LogP contribution in [-0.4, -0.2) is 28.9 Å². The molecule has 0 aliphatic heterocycles. The van der Waals surface area contributed by atoms with Crippen LogP contribution < -0.4 is 5.32 Å². The number of thiazole rings is 1. The molecule has 19 heavy (non-hydrogen) atoms. The van der Waals surface area contributed by atoms with Gasteiger partial charge in [-0.25, -0.2) is 9.78 Å². The maximum absolute atomic E-state index is 12.1. The first-order valence-electron chi connectivity index (χ1n) is 6.13. The Labute approximate surface area is 117 Å². The minimum Gasteiger partial charge on any atom is -0.458 e. The third-order valence-electron chi connectivity index (χ3n) is 2.25. The molecule has 1 heterocycles. The number of aldehydes is 1. The van der Waals surface area contributed by atoms with Crippen LogP contribution in [0.4, 0.5) is 5.13 Å². The maximum Gasteiger partial charge on any atom is 0.329 e. The first-order valence-corrected chi connectivity index (χ1v) is 6.95. The lowest BCUT2D eigenvalue weighted by molar-refractivity contribution is -0.156. The third kappa shape index (κ3) is 4.98. The lowest BCUT2D eigenvalue weighted by Gasteiger charge is -2.26. The van der Waals surface area contributed by atoms with Crippen molar-refractivity contribution in [1.82, 2.24) is 4.98 Å². The second-order valence-corrected chi connectivity index (χ2v) is 6.65. The molecule has 0 unspecified atom stereocenters. The van der Waals surface area contributed by atoms with Crippen molar-refractivity contribution < 1.29 is 14.3 Å². The molecule has 0 aliphatic carbocycles. The molecule has 6 heteroatoms. The van der Waals surface area contributed by atoms with E-state index < -0.39 is 11.6 Å². The fraction of sp³-hybridized carbons (Fsp3) is 0.615. The predicted molar refractivity (Wildman–Crippen MR) is 75.6 cm³/mol. The molecule has 0 aliphatic rings. The molecule has 0 fully saturated rings. The molecule has 0 radical (unpaired) electrons. The Bertz CT molecular complexity index is 449. The summed E-state index contributed by atoms with van der Waals surface area (Å²) in [6.45, 7) is 9.34. The zero-order chi connectivity index (χ0) is 14.6. The zero-order valence-corrected chi connectivity index (χ0v) is 12.7. The molecular weight excluding hydrogens is 264 g/mol. The molecule has 1 aromatic heterocycles. The topological polar surface area (TPSA) is 68.3 Å². The number of esters is 1. The van der Waals surface area contributed by atoms with E-state index in [4.69, 9.17) is 4.74 Å². The normalized spacial score (nSPS) is 13.2. The first kappa shape index (κ1) is 15.6. The Morgan fingerprint density at radius 2 is 2.11 bits per heavy atom. The zero-order valence-electron chi connectivity index (χ0n) is 11.9. The number of rotatable bonds is 5. The van der Waals surface area contributed by atoms with Crippen molar-refractivity contribution in [3.8, 4) is 0 Å². The second kappa shape index (κ2) is 6.14. The van der Waals surface area contributed by atoms with E-state index in [0.29, 0.717) is 10.0 Å². The predicted octanol–water partition coefficient (Wildman–Crippen LogP) is 2.73. The molecule has 1 atom stereocenters. The number of hydrogen-bond acceptors (Lipinski definition) is 6. The van der Waals surface area contributed by atoms with Gasteiger partial charge in [0.25, 0.3) is 0 Å². The molecule has 0 saturated heterocycles. The van der Waals surface area contributed by atoms with Crippen LogP contribution in [0.25, 0.3) is 0 Å². The van der Waals surface area contributed by atoms with Gasteiger partial charge in [0.15, 0.2) is 11.4 Å². The van der Waals surface area contributed by atoms with E-state index in [1.54, 1.807) is 0 Å². The van der Waals surface area contributed by atoms with Crippen LogP contribution in [0.1, 0.15) is 44.3 Å². The van der Waals surface area contributed by atoms with Crippen LogP contribution in [0.15, 0.2) is 6.20 Å². The van der Waals surface area contributed by atoms with Crippen molar-refractivity contribution in [3.63, 3.8) is 0 Å². The number of nitrogens with zero attached hydrogens (tertiary/aromatic N) is 1. The summed E-state index contributed by atoms with van der Waals surface area (Å²) in [6.07, 6.45) is 2.22. The number of anilines is 1. The van der Waals surface area contributed by atoms with E-state index >= 15 is 0 Å². The van der Waals surface area contributed by atoms with Gasteiger partial charge in [-0.1, -0.05) is 25.2 Å². The van der Waals surface area contributed by atoms with E-state index in [1.165, 1.54) is 17.5 Å². The van der Waals surface area contributed by atoms with Gasteiger partial charge in [-0.2, -0.15) is 0 Å². The number of carbonyl (C=O) groups is 2. The van der Waals surface area contributed by atoms with Crippen molar-refractivity contribution in [2.75, 3.05) is 5.32 Å².